The van der Waals surface area contributed by atoms with Crippen LogP contribution in [-0.2, 0) is 0 Å². The summed E-state index contributed by atoms with van der Waals surface area (Å²) < 4.78 is 15.8. The standard InChI is InChI=1S/C48H30BNO2SSi/c1-2-13-32(14-3-1)54(33-26-28-45-35(30-33)34-15-4-9-22-44(34)53-45)46-23-10-6-17-38(46)50(39-18-7-11-24-47(39)54)31-25-27-37-43(29-31)52-42-21-12-20-41-48(42)49(37)36-16-5-8-19-40(36)51-41/h1-30H/q-1. The van der Waals surface area contributed by atoms with Crippen LogP contribution in [0.1, 0.15) is 0 Å². The van der Waals surface area contributed by atoms with E-state index in [-0.39, 0.29) is 6.71 Å². The Morgan fingerprint density at radius 1 is 0.444 bits per heavy atom. The van der Waals surface area contributed by atoms with Crippen LogP contribution in [0.25, 0.3) is 20.2 Å². The summed E-state index contributed by atoms with van der Waals surface area (Å²) >= 11 is 1.88. The molecule has 0 unspecified atom stereocenters. The number of ether oxygens (including phenoxy) is 2. The van der Waals surface area contributed by atoms with Crippen LogP contribution in [0.3, 0.4) is 0 Å². The molecule has 12 rings (SSSR count). The molecule has 4 heterocycles. The molecule has 3 nitrogen and oxygen atoms in total. The van der Waals surface area contributed by atoms with Crippen LogP contribution in [-0.4, -0.2) is 14.8 Å². The number of hydrogen-bond acceptors (Lipinski definition) is 4. The lowest BCUT2D eigenvalue weighted by Gasteiger charge is -2.54. The third-order valence-corrected chi connectivity index (χ3v) is 17.7. The lowest BCUT2D eigenvalue weighted by molar-refractivity contribution is 0.464. The maximum Gasteiger partial charge on any atom is 0.260 e. The van der Waals surface area contributed by atoms with Crippen LogP contribution in [0.2, 0.25) is 0 Å². The quantitative estimate of drug-likeness (QED) is 0.173. The summed E-state index contributed by atoms with van der Waals surface area (Å²) in [6.45, 7) is 0.0288. The molecular weight excluding hydrogens is 693 g/mol. The van der Waals surface area contributed by atoms with Gasteiger partial charge >= 0.3 is 0 Å². The molecule has 0 atom stereocenters. The van der Waals surface area contributed by atoms with E-state index in [0.717, 1.165) is 45.1 Å². The number of hydrogen-bond donors (Lipinski definition) is 0. The molecule has 6 heteroatoms. The highest BCUT2D eigenvalue weighted by atomic mass is 32.1. The molecule has 8 aromatic carbocycles. The number of fused-ring (bicyclic) bond motifs is 9. The maximum atomic E-state index is 6.80. The largest absolute Gasteiger partial charge is 0.458 e. The predicted molar refractivity (Wildman–Crippen MR) is 229 cm³/mol. The van der Waals surface area contributed by atoms with Crippen molar-refractivity contribution in [2.75, 3.05) is 4.90 Å². The van der Waals surface area contributed by atoms with Crippen molar-refractivity contribution in [1.29, 1.82) is 0 Å². The Morgan fingerprint density at radius 2 is 1.07 bits per heavy atom. The molecule has 9 aromatic rings. The number of rotatable bonds is 3. The average Bonchev–Trinajstić information content (AvgIpc) is 3.61. The van der Waals surface area contributed by atoms with Crippen LogP contribution >= 0.6 is 11.3 Å². The molecule has 253 valence electrons. The van der Waals surface area contributed by atoms with Crippen molar-refractivity contribution in [2.45, 2.75) is 0 Å². The van der Waals surface area contributed by atoms with Gasteiger partial charge in [-0.2, -0.15) is 10.4 Å². The minimum Gasteiger partial charge on any atom is -0.458 e. The van der Waals surface area contributed by atoms with E-state index < -0.39 is 8.07 Å². The first-order chi connectivity index (χ1) is 26.8. The lowest BCUT2D eigenvalue weighted by atomic mass is 9.35. The van der Waals surface area contributed by atoms with E-state index >= 15 is 0 Å². The molecule has 0 aliphatic carbocycles. The third-order valence-electron chi connectivity index (χ3n) is 11.7. The Kier molecular flexibility index (Phi) is 6.33. The van der Waals surface area contributed by atoms with Crippen LogP contribution in [0.5, 0.6) is 23.0 Å². The monoisotopic (exact) mass is 723 g/mol. The second kappa shape index (κ2) is 11.3. The smallest absolute Gasteiger partial charge is 0.260 e. The number of benzene rings is 8. The van der Waals surface area contributed by atoms with Gasteiger partial charge in [-0.15, -0.1) is 21.7 Å². The van der Waals surface area contributed by atoms with E-state index in [9.17, 15) is 0 Å². The van der Waals surface area contributed by atoms with E-state index in [2.05, 4.69) is 169 Å². The summed E-state index contributed by atoms with van der Waals surface area (Å²) in [7, 11) is -2.84. The molecule has 54 heavy (non-hydrogen) atoms. The first kappa shape index (κ1) is 30.2. The lowest BCUT2D eigenvalue weighted by Crippen LogP contribution is -2.77. The molecule has 0 amide bonds. The van der Waals surface area contributed by atoms with Gasteiger partial charge in [0.05, 0.1) is 0 Å². The summed E-state index contributed by atoms with van der Waals surface area (Å²) in [6.07, 6.45) is 0. The van der Waals surface area contributed by atoms with Gasteiger partial charge in [-0.05, 0) is 72.9 Å². The molecule has 1 aromatic heterocycles. The Labute approximate surface area is 318 Å². The van der Waals surface area contributed by atoms with Gasteiger partial charge in [-0.1, -0.05) is 127 Å². The molecule has 0 spiro atoms. The number of anilines is 3. The molecule has 3 aliphatic rings. The van der Waals surface area contributed by atoms with Crippen molar-refractivity contribution < 1.29 is 9.47 Å². The van der Waals surface area contributed by atoms with Crippen molar-refractivity contribution in [2.24, 2.45) is 0 Å². The summed E-state index contributed by atoms with van der Waals surface area (Å²) in [6, 6.07) is 66.9. The number of nitrogens with zero attached hydrogens (tertiary/aromatic N) is 1. The summed E-state index contributed by atoms with van der Waals surface area (Å²) in [4.78, 5) is 2.46. The normalized spacial score (nSPS) is 14.3. The maximum absolute atomic E-state index is 6.80. The van der Waals surface area contributed by atoms with Gasteiger partial charge in [-0.3, -0.25) is 0 Å². The Hall–Kier alpha value is -6.34. The predicted octanol–water partition coefficient (Wildman–Crippen LogP) is 7.94. The molecule has 0 bridgehead atoms. The van der Waals surface area contributed by atoms with Gasteiger partial charge in [0, 0.05) is 43.4 Å². The van der Waals surface area contributed by atoms with Gasteiger partial charge < -0.3 is 14.4 Å². The summed E-state index contributed by atoms with van der Waals surface area (Å²) in [5.74, 6) is 3.49. The molecule has 0 saturated carbocycles. The van der Waals surface area contributed by atoms with Crippen LogP contribution in [0.4, 0.5) is 17.1 Å². The SMILES string of the molecule is c1ccc([Si-]2(c3ccc4sc5ccccc5c4c3)c3ccccc3N(c3ccc4c(c3)Oc3cccc5c3B4c3ccccc3O5)c3ccccc32)cc1. The van der Waals surface area contributed by atoms with Crippen molar-refractivity contribution in [3.63, 3.8) is 0 Å². The highest BCUT2D eigenvalue weighted by molar-refractivity contribution is 7.26. The fraction of sp³-hybridized carbons (Fsp3) is 0. The molecule has 3 aliphatic heterocycles. The first-order valence-electron chi connectivity index (χ1n) is 18.5. The van der Waals surface area contributed by atoms with E-state index in [4.69, 9.17) is 9.47 Å². The molecular formula is C48H30BNO2SSi-. The van der Waals surface area contributed by atoms with Gasteiger partial charge in [-0.25, -0.2) is 0 Å². The van der Waals surface area contributed by atoms with E-state index in [1.807, 2.05) is 29.5 Å². The van der Waals surface area contributed by atoms with Gasteiger partial charge in [0.2, 0.25) is 0 Å². The fourth-order valence-electron chi connectivity index (χ4n) is 9.46. The van der Waals surface area contributed by atoms with Crippen molar-refractivity contribution in [3.05, 3.63) is 182 Å². The van der Waals surface area contributed by atoms with Gasteiger partial charge in [0.25, 0.3) is 6.71 Å². The van der Waals surface area contributed by atoms with Crippen LogP contribution in [0.15, 0.2) is 182 Å². The van der Waals surface area contributed by atoms with Crippen LogP contribution in [0, 0.1) is 0 Å². The number of para-hydroxylation sites is 3. The van der Waals surface area contributed by atoms with Gasteiger partial charge in [0.15, 0.2) is 0 Å². The van der Waals surface area contributed by atoms with Crippen molar-refractivity contribution in [3.8, 4) is 23.0 Å². The Bertz CT molecular complexity index is 2950. The second-order valence-corrected chi connectivity index (χ2v) is 19.2. The number of thiophene rings is 1. The van der Waals surface area contributed by atoms with Crippen molar-refractivity contribution >= 4 is 100 Å². The molecule has 0 radical (unpaired) electrons. The van der Waals surface area contributed by atoms with Crippen molar-refractivity contribution in [1.82, 2.24) is 0 Å². The molecule has 0 fully saturated rings. The zero-order chi connectivity index (χ0) is 35.4. The first-order valence-corrected chi connectivity index (χ1v) is 21.3. The highest BCUT2D eigenvalue weighted by Crippen LogP contribution is 2.42. The molecule has 0 saturated heterocycles. The summed E-state index contributed by atoms with van der Waals surface area (Å²) in [5, 5.41) is 8.18. The summed E-state index contributed by atoms with van der Waals surface area (Å²) in [5.41, 5.74) is 6.89. The fourth-order valence-corrected chi connectivity index (χ4v) is 15.7. The second-order valence-electron chi connectivity index (χ2n) is 14.4. The Balaban J connectivity index is 1.10. The topological polar surface area (TPSA) is 21.7 Å². The van der Waals surface area contributed by atoms with Gasteiger partial charge in [0.1, 0.15) is 23.0 Å². The minimum atomic E-state index is -2.84. The van der Waals surface area contributed by atoms with E-state index in [1.54, 1.807) is 0 Å². The van der Waals surface area contributed by atoms with E-state index in [1.165, 1.54) is 52.3 Å². The highest BCUT2D eigenvalue weighted by Gasteiger charge is 2.41. The zero-order valence-corrected chi connectivity index (χ0v) is 30.9. The van der Waals surface area contributed by atoms with Crippen LogP contribution < -0.4 is 51.5 Å². The minimum absolute atomic E-state index is 0.0288. The molecule has 0 N–H and O–H groups in total. The average molecular weight is 724 g/mol. The third kappa shape index (κ3) is 4.07. The van der Waals surface area contributed by atoms with E-state index in [0.29, 0.717) is 0 Å². The zero-order valence-electron chi connectivity index (χ0n) is 29.1. The Morgan fingerprint density at radius 3 is 1.89 bits per heavy atom.